The fourth-order valence-electron chi connectivity index (χ4n) is 4.03. The fourth-order valence-corrected chi connectivity index (χ4v) is 5.02. The number of piperidine rings is 1. The van der Waals surface area contributed by atoms with Crippen molar-refractivity contribution >= 4 is 50.5 Å². The van der Waals surface area contributed by atoms with Crippen molar-refractivity contribution < 1.29 is 13.2 Å². The van der Waals surface area contributed by atoms with E-state index in [0.29, 0.717) is 24.5 Å². The highest BCUT2D eigenvalue weighted by Gasteiger charge is 2.37. The van der Waals surface area contributed by atoms with Crippen molar-refractivity contribution in [2.45, 2.75) is 36.4 Å². The van der Waals surface area contributed by atoms with E-state index in [1.54, 1.807) is 6.07 Å². The van der Waals surface area contributed by atoms with Crippen molar-refractivity contribution in [1.29, 1.82) is 0 Å². The van der Waals surface area contributed by atoms with Crippen LogP contribution in [0.1, 0.15) is 19.3 Å². The second-order valence-corrected chi connectivity index (χ2v) is 10.4. The molecule has 9 nitrogen and oxygen atoms in total. The molecule has 2 aromatic rings. The minimum Gasteiger partial charge on any atom is -0.372 e. The molecule has 2 aliphatic heterocycles. The quantitative estimate of drug-likeness (QED) is 0.687. The zero-order valence-electron chi connectivity index (χ0n) is 16.8. The summed E-state index contributed by atoms with van der Waals surface area (Å²) < 4.78 is 23.1. The van der Waals surface area contributed by atoms with E-state index in [0.717, 1.165) is 32.2 Å². The van der Waals surface area contributed by atoms with Gasteiger partial charge in [-0.05, 0) is 31.4 Å². The molecule has 2 fully saturated rings. The molecule has 1 unspecified atom stereocenters. The van der Waals surface area contributed by atoms with E-state index in [2.05, 4.69) is 25.2 Å². The van der Waals surface area contributed by atoms with Crippen molar-refractivity contribution in [3.8, 4) is 0 Å². The number of halogens is 2. The second-order valence-electron chi connectivity index (χ2n) is 7.70. The maximum atomic E-state index is 13.0. The number of nitrogens with zero attached hydrogens (tertiary/aromatic N) is 5. The summed E-state index contributed by atoms with van der Waals surface area (Å²) in [7, 11) is -3.35. The smallest absolute Gasteiger partial charge is 0.245 e. The Morgan fingerprint density at radius 1 is 1.06 bits per heavy atom. The topological polar surface area (TPSA) is 108 Å². The Balaban J connectivity index is 1.34. The van der Waals surface area contributed by atoms with Crippen molar-refractivity contribution in [1.82, 2.24) is 19.9 Å². The van der Waals surface area contributed by atoms with Gasteiger partial charge in [-0.25, -0.2) is 23.4 Å². The predicted octanol–water partition coefficient (Wildman–Crippen LogP) is 2.26. The van der Waals surface area contributed by atoms with E-state index in [1.165, 1.54) is 18.5 Å². The van der Waals surface area contributed by atoms with Gasteiger partial charge in [0.2, 0.25) is 5.91 Å². The number of amides is 1. The van der Waals surface area contributed by atoms with E-state index in [-0.39, 0.29) is 33.3 Å². The van der Waals surface area contributed by atoms with Gasteiger partial charge >= 0.3 is 0 Å². The van der Waals surface area contributed by atoms with Crippen LogP contribution in [0.3, 0.4) is 0 Å². The zero-order chi connectivity index (χ0) is 22.2. The molecule has 31 heavy (non-hydrogen) atoms. The van der Waals surface area contributed by atoms with Crippen LogP contribution >= 0.6 is 23.2 Å². The molecular weight excluding hydrogens is 463 g/mol. The molecule has 1 N–H and O–H groups in total. The summed E-state index contributed by atoms with van der Waals surface area (Å²) in [4.78, 5) is 29.2. The van der Waals surface area contributed by atoms with E-state index >= 15 is 0 Å². The lowest BCUT2D eigenvalue weighted by Crippen LogP contribution is -2.47. The Labute approximate surface area is 190 Å². The maximum absolute atomic E-state index is 13.0. The second kappa shape index (κ2) is 8.76. The molecule has 4 rings (SSSR count). The summed E-state index contributed by atoms with van der Waals surface area (Å²) in [6.07, 6.45) is 6.34. The van der Waals surface area contributed by atoms with E-state index in [4.69, 9.17) is 23.2 Å². The molecular formula is C19H22Cl2N6O3S. The molecule has 0 bridgehead atoms. The Morgan fingerprint density at radius 3 is 2.42 bits per heavy atom. The van der Waals surface area contributed by atoms with Gasteiger partial charge < -0.3 is 15.1 Å². The number of sulfone groups is 1. The van der Waals surface area contributed by atoms with Gasteiger partial charge in [0.15, 0.2) is 25.8 Å². The molecule has 2 aromatic heterocycles. The van der Waals surface area contributed by atoms with Gasteiger partial charge in [-0.15, -0.1) is 0 Å². The first-order valence-electron chi connectivity index (χ1n) is 9.88. The molecule has 2 saturated heterocycles. The third-order valence-corrected chi connectivity index (χ3v) is 7.02. The number of rotatable bonds is 5. The SMILES string of the molecule is CS(=O)(=O)c1ccc(NC2CCN(C3CCN(c4ncc(Cl)nc4Cl)CC3)C2=O)cn1. The van der Waals surface area contributed by atoms with Gasteiger partial charge in [0.1, 0.15) is 11.2 Å². The van der Waals surface area contributed by atoms with Crippen LogP contribution in [0.2, 0.25) is 10.3 Å². The van der Waals surface area contributed by atoms with Gasteiger partial charge in [0, 0.05) is 31.9 Å². The van der Waals surface area contributed by atoms with Crippen LogP contribution in [-0.2, 0) is 14.6 Å². The summed E-state index contributed by atoms with van der Waals surface area (Å²) >= 11 is 12.0. The fraction of sp³-hybridized carbons (Fsp3) is 0.474. The number of pyridine rings is 1. The monoisotopic (exact) mass is 484 g/mol. The summed E-state index contributed by atoms with van der Waals surface area (Å²) in [6, 6.07) is 2.88. The highest BCUT2D eigenvalue weighted by Crippen LogP contribution is 2.29. The lowest BCUT2D eigenvalue weighted by Gasteiger charge is -2.37. The Morgan fingerprint density at radius 2 is 1.81 bits per heavy atom. The molecule has 0 saturated carbocycles. The lowest BCUT2D eigenvalue weighted by molar-refractivity contribution is -0.130. The summed E-state index contributed by atoms with van der Waals surface area (Å²) in [5.74, 6) is 0.664. The highest BCUT2D eigenvalue weighted by atomic mass is 35.5. The number of hydrogen-bond acceptors (Lipinski definition) is 8. The van der Waals surface area contributed by atoms with Crippen LogP contribution in [0, 0.1) is 0 Å². The Kier molecular flexibility index (Phi) is 6.23. The van der Waals surface area contributed by atoms with Gasteiger partial charge in [-0.3, -0.25) is 4.79 Å². The number of hydrogen-bond donors (Lipinski definition) is 1. The summed E-state index contributed by atoms with van der Waals surface area (Å²) in [5.41, 5.74) is 0.623. The van der Waals surface area contributed by atoms with Crippen LogP contribution in [-0.4, -0.2) is 72.2 Å². The normalized spacial score (nSPS) is 20.4. The predicted molar refractivity (Wildman–Crippen MR) is 118 cm³/mol. The lowest BCUT2D eigenvalue weighted by atomic mass is 10.0. The maximum Gasteiger partial charge on any atom is 0.245 e. The zero-order valence-corrected chi connectivity index (χ0v) is 19.2. The molecule has 2 aliphatic rings. The molecule has 0 radical (unpaired) electrons. The number of aromatic nitrogens is 3. The van der Waals surface area contributed by atoms with Crippen LogP contribution in [0.15, 0.2) is 29.6 Å². The first-order chi connectivity index (χ1) is 14.7. The van der Waals surface area contributed by atoms with Gasteiger partial charge in [0.25, 0.3) is 0 Å². The van der Waals surface area contributed by atoms with Gasteiger partial charge in [-0.2, -0.15) is 0 Å². The van der Waals surface area contributed by atoms with Crippen LogP contribution in [0.4, 0.5) is 11.5 Å². The molecule has 1 atom stereocenters. The molecule has 0 aromatic carbocycles. The molecule has 166 valence electrons. The Bertz CT molecular complexity index is 1070. The third-order valence-electron chi connectivity index (χ3n) is 5.58. The number of nitrogens with one attached hydrogen (secondary N) is 1. The number of anilines is 2. The molecule has 1 amide bonds. The number of likely N-dealkylation sites (tertiary alicyclic amines) is 1. The van der Waals surface area contributed by atoms with Crippen LogP contribution in [0.5, 0.6) is 0 Å². The first kappa shape index (κ1) is 22.0. The minimum absolute atomic E-state index is 0.00895. The molecule has 0 spiro atoms. The summed E-state index contributed by atoms with van der Waals surface area (Å²) in [5, 5.41) is 3.72. The Hall–Kier alpha value is -2.17. The number of carbonyl (C=O) groups excluding carboxylic acids is 1. The van der Waals surface area contributed by atoms with Crippen molar-refractivity contribution in [2.24, 2.45) is 0 Å². The van der Waals surface area contributed by atoms with Gasteiger partial charge in [-0.1, -0.05) is 23.2 Å². The standard InChI is InChI=1S/C19H22Cl2N6O3S/c1-31(29,30)16-3-2-12(10-22-16)24-14-6-9-27(19(14)28)13-4-7-26(8-5-13)18-17(21)25-15(20)11-23-18/h2-3,10-11,13-14,24H,4-9H2,1H3. The van der Waals surface area contributed by atoms with Crippen molar-refractivity contribution in [3.63, 3.8) is 0 Å². The average molecular weight is 485 g/mol. The number of carbonyl (C=O) groups is 1. The molecule has 0 aliphatic carbocycles. The molecule has 4 heterocycles. The van der Waals surface area contributed by atoms with Crippen LogP contribution in [0.25, 0.3) is 0 Å². The molecule has 12 heteroatoms. The summed E-state index contributed by atoms with van der Waals surface area (Å²) in [6.45, 7) is 2.12. The average Bonchev–Trinajstić information content (AvgIpc) is 3.08. The van der Waals surface area contributed by atoms with E-state index in [9.17, 15) is 13.2 Å². The van der Waals surface area contributed by atoms with Gasteiger partial charge in [0.05, 0.1) is 18.1 Å². The van der Waals surface area contributed by atoms with E-state index in [1.807, 2.05) is 4.90 Å². The minimum atomic E-state index is -3.35. The largest absolute Gasteiger partial charge is 0.372 e. The van der Waals surface area contributed by atoms with Crippen molar-refractivity contribution in [3.05, 3.63) is 34.8 Å². The van der Waals surface area contributed by atoms with E-state index < -0.39 is 9.84 Å². The highest BCUT2D eigenvalue weighted by molar-refractivity contribution is 7.90. The van der Waals surface area contributed by atoms with Crippen LogP contribution < -0.4 is 10.2 Å². The van der Waals surface area contributed by atoms with Crippen molar-refractivity contribution in [2.75, 3.05) is 36.1 Å². The third kappa shape index (κ3) is 4.86. The first-order valence-corrected chi connectivity index (χ1v) is 12.5.